The molecule has 1 heterocycles. The van der Waals surface area contributed by atoms with Gasteiger partial charge in [-0.1, -0.05) is 13.0 Å². The van der Waals surface area contributed by atoms with Crippen molar-refractivity contribution in [2.24, 2.45) is 0 Å². The molecule has 0 spiro atoms. The first-order valence-corrected chi connectivity index (χ1v) is 7.79. The van der Waals surface area contributed by atoms with Crippen LogP contribution < -0.4 is 5.32 Å². The fourth-order valence-corrected chi connectivity index (χ4v) is 2.97. The molecule has 1 fully saturated rings. The summed E-state index contributed by atoms with van der Waals surface area (Å²) < 4.78 is 13.9. The van der Waals surface area contributed by atoms with E-state index >= 15 is 0 Å². The van der Waals surface area contributed by atoms with E-state index in [-0.39, 0.29) is 11.7 Å². The van der Waals surface area contributed by atoms with Crippen LogP contribution in [0.2, 0.25) is 0 Å². The number of carbonyl (C=O) groups is 1. The molecule has 3 nitrogen and oxygen atoms in total. The first-order valence-electron chi connectivity index (χ1n) is 6.63. The number of thioether (sulfide) groups is 1. The highest BCUT2D eigenvalue weighted by molar-refractivity contribution is 7.99. The van der Waals surface area contributed by atoms with Crippen molar-refractivity contribution >= 4 is 23.4 Å². The predicted molar refractivity (Wildman–Crippen MR) is 78.4 cm³/mol. The Morgan fingerprint density at radius 1 is 1.42 bits per heavy atom. The maximum atomic E-state index is 13.9. The second kappa shape index (κ2) is 6.80. The van der Waals surface area contributed by atoms with E-state index in [0.29, 0.717) is 17.8 Å². The third-order valence-corrected chi connectivity index (χ3v) is 4.04. The van der Waals surface area contributed by atoms with E-state index in [0.717, 1.165) is 31.0 Å². The van der Waals surface area contributed by atoms with Gasteiger partial charge < -0.3 is 10.2 Å². The Morgan fingerprint density at radius 3 is 2.84 bits per heavy atom. The van der Waals surface area contributed by atoms with Crippen molar-refractivity contribution in [2.75, 3.05) is 36.5 Å². The van der Waals surface area contributed by atoms with Gasteiger partial charge in [0, 0.05) is 31.1 Å². The van der Waals surface area contributed by atoms with Crippen LogP contribution in [0, 0.1) is 5.82 Å². The Labute approximate surface area is 117 Å². The van der Waals surface area contributed by atoms with Gasteiger partial charge in [-0.3, -0.25) is 4.79 Å². The lowest BCUT2D eigenvalue weighted by Crippen LogP contribution is -2.38. The Morgan fingerprint density at radius 2 is 2.16 bits per heavy atom. The molecule has 5 heteroatoms. The van der Waals surface area contributed by atoms with Gasteiger partial charge in [-0.05, 0) is 18.6 Å². The van der Waals surface area contributed by atoms with Gasteiger partial charge in [-0.2, -0.15) is 11.8 Å². The number of rotatable bonds is 4. The van der Waals surface area contributed by atoms with Crippen LogP contribution in [0.1, 0.15) is 23.7 Å². The second-order valence-corrected chi connectivity index (χ2v) is 5.72. The molecule has 1 aromatic carbocycles. The van der Waals surface area contributed by atoms with E-state index in [1.807, 2.05) is 23.6 Å². The van der Waals surface area contributed by atoms with E-state index in [9.17, 15) is 9.18 Å². The number of nitrogens with zero attached hydrogens (tertiary/aromatic N) is 1. The Hall–Kier alpha value is -1.23. The maximum Gasteiger partial charge on any atom is 0.256 e. The van der Waals surface area contributed by atoms with Crippen LogP contribution in [0.5, 0.6) is 0 Å². The molecule has 1 N–H and O–H groups in total. The zero-order chi connectivity index (χ0) is 13.7. The molecule has 1 amide bonds. The Balaban J connectivity index is 2.22. The topological polar surface area (TPSA) is 32.3 Å². The first kappa shape index (κ1) is 14.2. The van der Waals surface area contributed by atoms with E-state index in [4.69, 9.17) is 0 Å². The lowest BCUT2D eigenvalue weighted by atomic mass is 10.1. The van der Waals surface area contributed by atoms with Crippen molar-refractivity contribution in [2.45, 2.75) is 13.3 Å². The molecular formula is C14H19FN2OS. The molecule has 1 aliphatic rings. The zero-order valence-corrected chi connectivity index (χ0v) is 11.9. The molecule has 0 saturated carbocycles. The van der Waals surface area contributed by atoms with Gasteiger partial charge >= 0.3 is 0 Å². The standard InChI is InChI=1S/C14H19FN2OS/c1-2-6-16-13-11(4-3-5-12(13)15)14(18)17-7-9-19-10-8-17/h3-5,16H,2,6-10H2,1H3. The lowest BCUT2D eigenvalue weighted by Gasteiger charge is -2.27. The van der Waals surface area contributed by atoms with Gasteiger partial charge in [-0.15, -0.1) is 0 Å². The van der Waals surface area contributed by atoms with Crippen molar-refractivity contribution in [1.29, 1.82) is 0 Å². The summed E-state index contributed by atoms with van der Waals surface area (Å²) in [6, 6.07) is 4.68. The summed E-state index contributed by atoms with van der Waals surface area (Å²) in [5.41, 5.74) is 0.785. The number of benzene rings is 1. The quantitative estimate of drug-likeness (QED) is 0.921. The summed E-state index contributed by atoms with van der Waals surface area (Å²) in [4.78, 5) is 14.3. The minimum absolute atomic E-state index is 0.0709. The average molecular weight is 282 g/mol. The smallest absolute Gasteiger partial charge is 0.256 e. The molecule has 1 aliphatic heterocycles. The van der Waals surface area contributed by atoms with Crippen molar-refractivity contribution in [3.05, 3.63) is 29.6 Å². The minimum atomic E-state index is -0.356. The third-order valence-electron chi connectivity index (χ3n) is 3.09. The SMILES string of the molecule is CCCNc1c(F)cccc1C(=O)N1CCSCC1. The first-order chi connectivity index (χ1) is 9.24. The molecule has 0 unspecified atom stereocenters. The molecule has 19 heavy (non-hydrogen) atoms. The van der Waals surface area contributed by atoms with Crippen LogP contribution in [0.25, 0.3) is 0 Å². The third kappa shape index (κ3) is 3.41. The summed E-state index contributed by atoms with van der Waals surface area (Å²) in [7, 11) is 0. The van der Waals surface area contributed by atoms with Gasteiger partial charge in [0.2, 0.25) is 0 Å². The van der Waals surface area contributed by atoms with Gasteiger partial charge in [0.05, 0.1) is 11.3 Å². The number of anilines is 1. The molecule has 104 valence electrons. The number of hydrogen-bond donors (Lipinski definition) is 1. The van der Waals surface area contributed by atoms with E-state index in [1.165, 1.54) is 6.07 Å². The molecule has 0 aromatic heterocycles. The molecule has 0 bridgehead atoms. The number of hydrogen-bond acceptors (Lipinski definition) is 3. The van der Waals surface area contributed by atoms with Crippen LogP contribution in [0.15, 0.2) is 18.2 Å². The summed E-state index contributed by atoms with van der Waals surface area (Å²) in [6.07, 6.45) is 0.891. The highest BCUT2D eigenvalue weighted by Crippen LogP contribution is 2.23. The minimum Gasteiger partial charge on any atom is -0.382 e. The maximum absolute atomic E-state index is 13.9. The molecule has 2 rings (SSSR count). The number of halogens is 1. The molecule has 1 saturated heterocycles. The molecule has 0 aliphatic carbocycles. The predicted octanol–water partition coefficient (Wildman–Crippen LogP) is 2.84. The molecule has 0 radical (unpaired) electrons. The molecular weight excluding hydrogens is 263 g/mol. The Kier molecular flexibility index (Phi) is 5.07. The van der Waals surface area contributed by atoms with Gasteiger partial charge in [0.25, 0.3) is 5.91 Å². The Bertz CT molecular complexity index is 447. The number of carbonyl (C=O) groups excluding carboxylic acids is 1. The second-order valence-electron chi connectivity index (χ2n) is 4.49. The number of para-hydroxylation sites is 1. The zero-order valence-electron chi connectivity index (χ0n) is 11.1. The molecule has 0 atom stereocenters. The highest BCUT2D eigenvalue weighted by Gasteiger charge is 2.22. The van der Waals surface area contributed by atoms with Crippen molar-refractivity contribution in [3.8, 4) is 0 Å². The molecule has 1 aromatic rings. The van der Waals surface area contributed by atoms with Crippen molar-refractivity contribution in [3.63, 3.8) is 0 Å². The number of nitrogens with one attached hydrogen (secondary N) is 1. The van der Waals surface area contributed by atoms with Gasteiger partial charge in [0.1, 0.15) is 5.82 Å². The summed E-state index contributed by atoms with van der Waals surface area (Å²) in [6.45, 7) is 4.16. The van der Waals surface area contributed by atoms with Crippen LogP contribution in [-0.2, 0) is 0 Å². The van der Waals surface area contributed by atoms with Crippen molar-refractivity contribution in [1.82, 2.24) is 4.90 Å². The van der Waals surface area contributed by atoms with Crippen LogP contribution in [0.3, 0.4) is 0 Å². The fourth-order valence-electron chi connectivity index (χ4n) is 2.07. The van der Waals surface area contributed by atoms with Gasteiger partial charge in [0.15, 0.2) is 0 Å². The van der Waals surface area contributed by atoms with Crippen molar-refractivity contribution < 1.29 is 9.18 Å². The van der Waals surface area contributed by atoms with E-state index in [1.54, 1.807) is 12.1 Å². The summed E-state index contributed by atoms with van der Waals surface area (Å²) in [5, 5.41) is 3.02. The van der Waals surface area contributed by atoms with Crippen LogP contribution in [0.4, 0.5) is 10.1 Å². The number of amides is 1. The monoisotopic (exact) mass is 282 g/mol. The van der Waals surface area contributed by atoms with Crippen LogP contribution >= 0.6 is 11.8 Å². The summed E-state index contributed by atoms with van der Waals surface area (Å²) in [5.74, 6) is 1.49. The summed E-state index contributed by atoms with van der Waals surface area (Å²) >= 11 is 1.85. The van der Waals surface area contributed by atoms with Gasteiger partial charge in [-0.25, -0.2) is 4.39 Å². The van der Waals surface area contributed by atoms with Crippen LogP contribution in [-0.4, -0.2) is 41.9 Å². The largest absolute Gasteiger partial charge is 0.382 e. The average Bonchev–Trinajstić information content (AvgIpc) is 2.46. The fraction of sp³-hybridized carbons (Fsp3) is 0.500. The highest BCUT2D eigenvalue weighted by atomic mass is 32.2. The van der Waals surface area contributed by atoms with E-state index < -0.39 is 0 Å². The van der Waals surface area contributed by atoms with E-state index in [2.05, 4.69) is 5.32 Å². The normalized spacial score (nSPS) is 15.4. The lowest BCUT2D eigenvalue weighted by molar-refractivity contribution is 0.0773.